The molecule has 2 N–H and O–H groups in total. The van der Waals surface area contributed by atoms with Gasteiger partial charge in [-0.2, -0.15) is 0 Å². The molecule has 1 rings (SSSR count). The number of amides is 3. The van der Waals surface area contributed by atoms with Crippen LogP contribution in [0.2, 0.25) is 0 Å². The molecule has 0 aromatic heterocycles. The summed E-state index contributed by atoms with van der Waals surface area (Å²) in [5, 5.41) is 2.93. The van der Waals surface area contributed by atoms with Crippen LogP contribution in [-0.2, 0) is 56.7 Å². The Morgan fingerprint density at radius 3 is 1.36 bits per heavy atom. The molecular formula is C50H91N2O13P. The average molecular weight is 959 g/mol. The number of phosphoric ester groups is 1. The molecule has 1 saturated heterocycles. The molecule has 0 aromatic rings. The number of rotatable bonds is 47. The van der Waals surface area contributed by atoms with Crippen molar-refractivity contribution < 1.29 is 61.6 Å². The van der Waals surface area contributed by atoms with Gasteiger partial charge in [0.05, 0.1) is 13.2 Å². The van der Waals surface area contributed by atoms with E-state index in [1.165, 1.54) is 141 Å². The first-order valence-electron chi connectivity index (χ1n) is 26.3. The highest BCUT2D eigenvalue weighted by molar-refractivity contribution is 7.47. The van der Waals surface area contributed by atoms with Crippen LogP contribution in [0.3, 0.4) is 0 Å². The Morgan fingerprint density at radius 1 is 0.530 bits per heavy atom. The maximum absolute atomic E-state index is 12.8. The number of imide groups is 1. The van der Waals surface area contributed by atoms with Crippen LogP contribution in [-0.4, -0.2) is 78.1 Å². The number of unbranched alkanes of at least 4 members (excludes halogenated alkanes) is 28. The summed E-state index contributed by atoms with van der Waals surface area (Å²) in [5.74, 6) is -3.44. The molecule has 1 aliphatic heterocycles. The lowest BCUT2D eigenvalue weighted by atomic mass is 10.0. The maximum Gasteiger partial charge on any atom is 0.472 e. The van der Waals surface area contributed by atoms with Crippen molar-refractivity contribution >= 4 is 43.5 Å². The smallest absolute Gasteiger partial charge is 0.462 e. The monoisotopic (exact) mass is 959 g/mol. The fourth-order valence-electron chi connectivity index (χ4n) is 7.75. The average Bonchev–Trinajstić information content (AvgIpc) is 3.60. The molecule has 3 amide bonds. The van der Waals surface area contributed by atoms with Crippen LogP contribution in [0.5, 0.6) is 0 Å². The SMILES string of the molecule is CCCCCCCCCCCCCCCCCC(=O)OC[C@H](COP(=O)(O)OCCNC(=O)CCCC(=O)ON1C(=O)CCC1=O)OC(=O)CCCCCCCCCCCCCCCCC. The number of nitrogens with one attached hydrogen (secondary N) is 1. The number of carbonyl (C=O) groups is 6. The van der Waals surface area contributed by atoms with E-state index in [1.54, 1.807) is 0 Å². The molecule has 2 atom stereocenters. The van der Waals surface area contributed by atoms with Gasteiger partial charge in [-0.15, -0.1) is 5.06 Å². The molecule has 1 fully saturated rings. The fourth-order valence-corrected chi connectivity index (χ4v) is 8.50. The van der Waals surface area contributed by atoms with E-state index >= 15 is 0 Å². The normalized spacial score (nSPS) is 14.0. The number of carbonyl (C=O) groups excluding carboxylic acids is 6. The van der Waals surface area contributed by atoms with Gasteiger partial charge in [-0.3, -0.25) is 33.0 Å². The summed E-state index contributed by atoms with van der Waals surface area (Å²) in [5.41, 5.74) is 0. The van der Waals surface area contributed by atoms with Gasteiger partial charge in [0.1, 0.15) is 6.61 Å². The van der Waals surface area contributed by atoms with Gasteiger partial charge in [0.15, 0.2) is 6.10 Å². The van der Waals surface area contributed by atoms with E-state index in [0.29, 0.717) is 17.9 Å². The lowest BCUT2D eigenvalue weighted by molar-refractivity contribution is -0.197. The standard InChI is InChI=1S/C50H91N2O13P/c1-3-5-7-9-11-13-15-17-19-21-23-25-27-29-31-35-48(56)61-42-44(64-49(57)36-32-30-28-26-24-22-20-18-16-14-12-10-8-6-4-2)43-63-66(59,60)62-41-40-51-45(53)34-33-37-50(58)65-52-46(54)38-39-47(52)55/h44H,3-43H2,1-2H3,(H,51,53)(H,59,60)/t44-/m1/s1. The Kier molecular flexibility index (Phi) is 39.1. The van der Waals surface area contributed by atoms with Crippen LogP contribution >= 0.6 is 7.82 Å². The van der Waals surface area contributed by atoms with Gasteiger partial charge < -0.3 is 24.5 Å². The van der Waals surface area contributed by atoms with Gasteiger partial charge in [0.25, 0.3) is 11.8 Å². The Hall–Kier alpha value is -2.87. The number of hydrogen-bond acceptors (Lipinski definition) is 12. The van der Waals surface area contributed by atoms with Gasteiger partial charge >= 0.3 is 25.7 Å². The third kappa shape index (κ3) is 37.2. The summed E-state index contributed by atoms with van der Waals surface area (Å²) in [6, 6.07) is 0. The molecule has 66 heavy (non-hydrogen) atoms. The molecule has 16 heteroatoms. The first kappa shape index (κ1) is 61.1. The van der Waals surface area contributed by atoms with Gasteiger partial charge in [-0.25, -0.2) is 9.36 Å². The van der Waals surface area contributed by atoms with Crippen molar-refractivity contribution in [1.82, 2.24) is 10.4 Å². The van der Waals surface area contributed by atoms with Crippen molar-refractivity contribution in [2.24, 2.45) is 0 Å². The van der Waals surface area contributed by atoms with Crippen LogP contribution in [0.15, 0.2) is 0 Å². The van der Waals surface area contributed by atoms with Crippen molar-refractivity contribution in [2.45, 2.75) is 258 Å². The zero-order valence-electron chi connectivity index (χ0n) is 41.3. The zero-order valence-corrected chi connectivity index (χ0v) is 42.2. The van der Waals surface area contributed by atoms with Gasteiger partial charge in [-0.1, -0.05) is 194 Å². The van der Waals surface area contributed by atoms with Crippen molar-refractivity contribution in [1.29, 1.82) is 0 Å². The Morgan fingerprint density at radius 2 is 0.924 bits per heavy atom. The minimum atomic E-state index is -4.66. The van der Waals surface area contributed by atoms with Crippen LogP contribution in [0, 0.1) is 0 Å². The van der Waals surface area contributed by atoms with E-state index in [-0.39, 0.29) is 58.1 Å². The first-order chi connectivity index (χ1) is 32.0. The van der Waals surface area contributed by atoms with E-state index in [2.05, 4.69) is 19.2 Å². The molecule has 0 spiro atoms. The van der Waals surface area contributed by atoms with Crippen molar-refractivity contribution in [3.63, 3.8) is 0 Å². The molecule has 0 aromatic carbocycles. The summed E-state index contributed by atoms with van der Waals surface area (Å²) in [4.78, 5) is 87.7. The number of ether oxygens (including phenoxy) is 2. The number of hydrogen-bond donors (Lipinski definition) is 2. The van der Waals surface area contributed by atoms with Gasteiger partial charge in [-0.05, 0) is 19.3 Å². The fraction of sp³-hybridized carbons (Fsp3) is 0.880. The summed E-state index contributed by atoms with van der Waals surface area (Å²) >= 11 is 0. The van der Waals surface area contributed by atoms with Crippen LogP contribution < -0.4 is 5.32 Å². The Labute approximate surface area is 398 Å². The van der Waals surface area contributed by atoms with Crippen molar-refractivity contribution in [2.75, 3.05) is 26.4 Å². The number of phosphoric acid groups is 1. The molecule has 0 aliphatic carbocycles. The Balaban J connectivity index is 2.38. The molecule has 15 nitrogen and oxygen atoms in total. The van der Waals surface area contributed by atoms with Crippen molar-refractivity contribution in [3.8, 4) is 0 Å². The maximum atomic E-state index is 12.8. The Bertz CT molecular complexity index is 1330. The second-order valence-corrected chi connectivity index (χ2v) is 19.5. The van der Waals surface area contributed by atoms with Crippen LogP contribution in [0.4, 0.5) is 0 Å². The zero-order chi connectivity index (χ0) is 48.4. The number of esters is 2. The number of hydroxylamine groups is 2. The van der Waals surface area contributed by atoms with E-state index in [0.717, 1.165) is 38.5 Å². The molecule has 0 bridgehead atoms. The quantitative estimate of drug-likeness (QED) is 0.0253. The summed E-state index contributed by atoms with van der Waals surface area (Å²) < 4.78 is 33.7. The summed E-state index contributed by atoms with van der Waals surface area (Å²) in [6.07, 6.45) is 35.3. The largest absolute Gasteiger partial charge is 0.472 e. The van der Waals surface area contributed by atoms with E-state index < -0.39 is 62.8 Å². The lowest BCUT2D eigenvalue weighted by Gasteiger charge is -2.20. The predicted molar refractivity (Wildman–Crippen MR) is 256 cm³/mol. The first-order valence-corrected chi connectivity index (χ1v) is 27.8. The molecule has 0 radical (unpaired) electrons. The summed E-state index contributed by atoms with van der Waals surface area (Å²) in [6.45, 7) is 3.06. The van der Waals surface area contributed by atoms with Crippen LogP contribution in [0.1, 0.15) is 251 Å². The summed E-state index contributed by atoms with van der Waals surface area (Å²) in [7, 11) is -4.66. The molecule has 0 saturated carbocycles. The molecular weight excluding hydrogens is 868 g/mol. The van der Waals surface area contributed by atoms with Gasteiger partial charge in [0.2, 0.25) is 5.91 Å². The molecule has 1 aliphatic rings. The number of nitrogens with zero attached hydrogens (tertiary/aromatic N) is 1. The minimum Gasteiger partial charge on any atom is -0.462 e. The topological polar surface area (TPSA) is 201 Å². The van der Waals surface area contributed by atoms with E-state index in [9.17, 15) is 38.2 Å². The highest BCUT2D eigenvalue weighted by Gasteiger charge is 2.32. The third-order valence-electron chi connectivity index (χ3n) is 11.8. The van der Waals surface area contributed by atoms with E-state index in [4.69, 9.17) is 23.4 Å². The minimum absolute atomic E-state index is 0.0227. The highest BCUT2D eigenvalue weighted by Crippen LogP contribution is 2.43. The second kappa shape index (κ2) is 42.2. The lowest BCUT2D eigenvalue weighted by Crippen LogP contribution is -2.32. The second-order valence-electron chi connectivity index (χ2n) is 18.0. The predicted octanol–water partition coefficient (Wildman–Crippen LogP) is 12.0. The molecule has 384 valence electrons. The van der Waals surface area contributed by atoms with Crippen molar-refractivity contribution in [3.05, 3.63) is 0 Å². The highest BCUT2D eigenvalue weighted by atomic mass is 31.2. The van der Waals surface area contributed by atoms with E-state index in [1.807, 2.05) is 0 Å². The third-order valence-corrected chi connectivity index (χ3v) is 12.8. The van der Waals surface area contributed by atoms with Crippen LogP contribution in [0.25, 0.3) is 0 Å². The molecule has 1 unspecified atom stereocenters. The molecule has 1 heterocycles. The van der Waals surface area contributed by atoms with Gasteiger partial charge in [0, 0.05) is 45.1 Å².